The smallest absolute Gasteiger partial charge is 0.302 e. The Bertz CT molecular complexity index is 351. The number of hydrogen-bond acceptors (Lipinski definition) is 3. The van der Waals surface area contributed by atoms with Gasteiger partial charge in [-0.3, -0.25) is 4.79 Å². The Morgan fingerprint density at radius 3 is 2.56 bits per heavy atom. The van der Waals surface area contributed by atoms with Gasteiger partial charge in [0.15, 0.2) is 0 Å². The zero-order chi connectivity index (χ0) is 13.4. The van der Waals surface area contributed by atoms with Crippen molar-refractivity contribution in [1.29, 1.82) is 0 Å². The lowest BCUT2D eigenvalue weighted by Crippen LogP contribution is -2.39. The van der Waals surface area contributed by atoms with E-state index >= 15 is 0 Å². The van der Waals surface area contributed by atoms with Crippen LogP contribution < -0.4 is 5.73 Å². The van der Waals surface area contributed by atoms with E-state index in [9.17, 15) is 4.79 Å². The molecule has 0 amide bonds. The van der Waals surface area contributed by atoms with E-state index in [1.165, 1.54) is 12.5 Å². The zero-order valence-corrected chi connectivity index (χ0v) is 11.3. The summed E-state index contributed by atoms with van der Waals surface area (Å²) in [6.45, 7) is 3.56. The molecule has 2 unspecified atom stereocenters. The van der Waals surface area contributed by atoms with E-state index < -0.39 is 0 Å². The molecule has 0 radical (unpaired) electrons. The van der Waals surface area contributed by atoms with Gasteiger partial charge in [0, 0.05) is 13.0 Å². The minimum atomic E-state index is -0.250. The molecule has 0 fully saturated rings. The van der Waals surface area contributed by atoms with Crippen molar-refractivity contribution < 1.29 is 9.53 Å². The summed E-state index contributed by atoms with van der Waals surface area (Å²) < 4.78 is 5.32. The molecule has 3 heteroatoms. The molecular formula is C15H23NO2. The molecule has 1 aromatic carbocycles. The van der Waals surface area contributed by atoms with Gasteiger partial charge in [-0.25, -0.2) is 0 Å². The van der Waals surface area contributed by atoms with E-state index in [1.807, 2.05) is 30.3 Å². The van der Waals surface area contributed by atoms with Crippen LogP contribution in [0.2, 0.25) is 0 Å². The molecule has 0 saturated carbocycles. The van der Waals surface area contributed by atoms with E-state index in [1.54, 1.807) is 0 Å². The second-order valence-electron chi connectivity index (χ2n) is 4.64. The molecule has 0 aliphatic rings. The molecule has 2 N–H and O–H groups in total. The van der Waals surface area contributed by atoms with Crippen molar-refractivity contribution in [2.45, 2.75) is 51.7 Å². The van der Waals surface area contributed by atoms with Crippen molar-refractivity contribution in [1.82, 2.24) is 0 Å². The predicted octanol–water partition coefficient (Wildman–Crippen LogP) is 2.68. The maximum absolute atomic E-state index is 11.1. The summed E-state index contributed by atoms with van der Waals surface area (Å²) in [5.41, 5.74) is 7.34. The number of hydrogen-bond donors (Lipinski definition) is 1. The monoisotopic (exact) mass is 249 g/mol. The lowest BCUT2D eigenvalue weighted by atomic mass is 9.98. The van der Waals surface area contributed by atoms with Gasteiger partial charge < -0.3 is 10.5 Å². The molecule has 0 spiro atoms. The highest BCUT2D eigenvalue weighted by molar-refractivity contribution is 5.66. The molecule has 0 bridgehead atoms. The summed E-state index contributed by atoms with van der Waals surface area (Å²) in [6.07, 6.45) is 3.51. The average Bonchev–Trinajstić information content (AvgIpc) is 2.35. The van der Waals surface area contributed by atoms with E-state index in [0.29, 0.717) is 0 Å². The SMILES string of the molecule is CCCCC(OC(C)=O)C(N)Cc1ccccc1. The molecule has 18 heavy (non-hydrogen) atoms. The number of carbonyl (C=O) groups excluding carboxylic acids is 1. The van der Waals surface area contributed by atoms with Crippen LogP contribution >= 0.6 is 0 Å². The van der Waals surface area contributed by atoms with Crippen LogP contribution in [-0.2, 0) is 16.0 Å². The first-order valence-electron chi connectivity index (χ1n) is 6.60. The number of esters is 1. The lowest BCUT2D eigenvalue weighted by molar-refractivity contribution is -0.147. The highest BCUT2D eigenvalue weighted by Gasteiger charge is 2.20. The highest BCUT2D eigenvalue weighted by atomic mass is 16.5. The van der Waals surface area contributed by atoms with Crippen molar-refractivity contribution in [3.63, 3.8) is 0 Å². The third-order valence-electron chi connectivity index (χ3n) is 2.95. The lowest BCUT2D eigenvalue weighted by Gasteiger charge is -2.23. The van der Waals surface area contributed by atoms with Gasteiger partial charge >= 0.3 is 5.97 Å². The fourth-order valence-corrected chi connectivity index (χ4v) is 2.00. The van der Waals surface area contributed by atoms with Crippen LogP contribution in [0.25, 0.3) is 0 Å². The fraction of sp³-hybridized carbons (Fsp3) is 0.533. The molecule has 3 nitrogen and oxygen atoms in total. The Morgan fingerprint density at radius 1 is 1.33 bits per heavy atom. The van der Waals surface area contributed by atoms with Crippen molar-refractivity contribution in [3.05, 3.63) is 35.9 Å². The Balaban J connectivity index is 2.57. The first-order chi connectivity index (χ1) is 8.63. The van der Waals surface area contributed by atoms with Gasteiger partial charge in [-0.2, -0.15) is 0 Å². The number of unbranched alkanes of at least 4 members (excludes halogenated alkanes) is 1. The van der Waals surface area contributed by atoms with Gasteiger partial charge in [0.25, 0.3) is 0 Å². The Hall–Kier alpha value is -1.35. The minimum Gasteiger partial charge on any atom is -0.461 e. The number of nitrogens with two attached hydrogens (primary N) is 1. The standard InChI is InChI=1S/C15H23NO2/c1-3-4-10-15(18-12(2)17)14(16)11-13-8-6-5-7-9-13/h5-9,14-15H,3-4,10-11,16H2,1-2H3. The number of rotatable bonds is 7. The van der Waals surface area contributed by atoms with Gasteiger partial charge in [-0.1, -0.05) is 43.7 Å². The molecule has 0 saturated heterocycles. The maximum atomic E-state index is 11.1. The van der Waals surface area contributed by atoms with Crippen LogP contribution in [0.5, 0.6) is 0 Å². The summed E-state index contributed by atoms with van der Waals surface area (Å²) >= 11 is 0. The quantitative estimate of drug-likeness (QED) is 0.756. The summed E-state index contributed by atoms with van der Waals surface area (Å²) in [6, 6.07) is 9.93. The van der Waals surface area contributed by atoms with Crippen molar-refractivity contribution in [2.75, 3.05) is 0 Å². The van der Waals surface area contributed by atoms with Crippen LogP contribution in [0.4, 0.5) is 0 Å². The first kappa shape index (κ1) is 14.7. The summed E-state index contributed by atoms with van der Waals surface area (Å²) in [5, 5.41) is 0. The Kier molecular flexibility index (Phi) is 6.44. The van der Waals surface area contributed by atoms with E-state index in [2.05, 4.69) is 6.92 Å². The average molecular weight is 249 g/mol. The molecular weight excluding hydrogens is 226 g/mol. The second-order valence-corrected chi connectivity index (χ2v) is 4.64. The molecule has 1 rings (SSSR count). The van der Waals surface area contributed by atoms with Crippen LogP contribution in [-0.4, -0.2) is 18.1 Å². The highest BCUT2D eigenvalue weighted by Crippen LogP contribution is 2.13. The molecule has 0 aromatic heterocycles. The number of ether oxygens (including phenoxy) is 1. The number of carbonyl (C=O) groups is 1. The van der Waals surface area contributed by atoms with E-state index in [0.717, 1.165) is 25.7 Å². The second kappa shape index (κ2) is 7.88. The van der Waals surface area contributed by atoms with Gasteiger partial charge in [0.2, 0.25) is 0 Å². The Morgan fingerprint density at radius 2 is 2.00 bits per heavy atom. The van der Waals surface area contributed by atoms with Crippen LogP contribution in [0, 0.1) is 0 Å². The van der Waals surface area contributed by atoms with Crippen LogP contribution in [0.15, 0.2) is 30.3 Å². The van der Waals surface area contributed by atoms with Gasteiger partial charge in [-0.05, 0) is 24.8 Å². The number of benzene rings is 1. The van der Waals surface area contributed by atoms with Gasteiger partial charge in [0.1, 0.15) is 6.10 Å². The van der Waals surface area contributed by atoms with Crippen molar-refractivity contribution in [3.8, 4) is 0 Å². The zero-order valence-electron chi connectivity index (χ0n) is 11.3. The summed E-state index contributed by atoms with van der Waals surface area (Å²) in [4.78, 5) is 11.1. The van der Waals surface area contributed by atoms with Gasteiger partial charge in [-0.15, -0.1) is 0 Å². The third kappa shape index (κ3) is 5.32. The van der Waals surface area contributed by atoms with E-state index in [4.69, 9.17) is 10.5 Å². The summed E-state index contributed by atoms with van der Waals surface area (Å²) in [7, 11) is 0. The van der Waals surface area contributed by atoms with Gasteiger partial charge in [0.05, 0.1) is 0 Å². The van der Waals surface area contributed by atoms with Crippen molar-refractivity contribution >= 4 is 5.97 Å². The first-order valence-corrected chi connectivity index (χ1v) is 6.60. The van der Waals surface area contributed by atoms with Crippen molar-refractivity contribution in [2.24, 2.45) is 5.73 Å². The topological polar surface area (TPSA) is 52.3 Å². The fourth-order valence-electron chi connectivity index (χ4n) is 2.00. The molecule has 0 heterocycles. The molecule has 0 aliphatic heterocycles. The predicted molar refractivity (Wildman–Crippen MR) is 73.2 cm³/mol. The third-order valence-corrected chi connectivity index (χ3v) is 2.95. The molecule has 1 aromatic rings. The van der Waals surface area contributed by atoms with Crippen LogP contribution in [0.1, 0.15) is 38.7 Å². The largest absolute Gasteiger partial charge is 0.461 e. The normalized spacial score (nSPS) is 13.9. The molecule has 0 aliphatic carbocycles. The van der Waals surface area contributed by atoms with E-state index in [-0.39, 0.29) is 18.1 Å². The molecule has 2 atom stereocenters. The van der Waals surface area contributed by atoms with Crippen LogP contribution in [0.3, 0.4) is 0 Å². The Labute approximate surface area is 109 Å². The summed E-state index contributed by atoms with van der Waals surface area (Å²) in [5.74, 6) is -0.250. The molecule has 100 valence electrons. The minimum absolute atomic E-state index is 0.136. The maximum Gasteiger partial charge on any atom is 0.302 e.